The van der Waals surface area contributed by atoms with Crippen LogP contribution in [0.15, 0.2) is 35.2 Å². The zero-order valence-electron chi connectivity index (χ0n) is 17.5. The molecule has 1 heterocycles. The van der Waals surface area contributed by atoms with Crippen molar-refractivity contribution in [1.82, 2.24) is 0 Å². The molecular weight excluding hydrogens is 451 g/mol. The Balaban J connectivity index is 2.43. The molecule has 0 amide bonds. The average molecular weight is 476 g/mol. The molecule has 12 heteroatoms. The molecule has 0 spiro atoms. The van der Waals surface area contributed by atoms with Gasteiger partial charge in [-0.25, -0.2) is 0 Å². The maximum absolute atomic E-state index is 11.8. The lowest BCUT2D eigenvalue weighted by atomic mass is 9.99. The molecule has 1 aliphatic heterocycles. The van der Waals surface area contributed by atoms with E-state index in [2.05, 4.69) is 0 Å². The van der Waals surface area contributed by atoms with E-state index in [9.17, 15) is 23.8 Å². The fourth-order valence-electron chi connectivity index (χ4n) is 2.93. The second-order valence-electron chi connectivity index (χ2n) is 6.79. The minimum absolute atomic E-state index is 0.432. The zero-order chi connectivity index (χ0) is 23.2. The van der Waals surface area contributed by atoms with E-state index in [-0.39, 0.29) is 0 Å². The van der Waals surface area contributed by atoms with Crippen LogP contribution in [0.3, 0.4) is 0 Å². The van der Waals surface area contributed by atoms with Crippen LogP contribution in [0.5, 0.6) is 0 Å². The Morgan fingerprint density at radius 1 is 0.968 bits per heavy atom. The predicted octanol–water partition coefficient (Wildman–Crippen LogP) is 2.13. The highest BCUT2D eigenvalue weighted by Gasteiger charge is 2.52. The van der Waals surface area contributed by atoms with E-state index in [4.69, 9.17) is 23.5 Å². The molecule has 6 atom stereocenters. The molecule has 1 aliphatic rings. The Labute approximate surface area is 184 Å². The molecule has 1 unspecified atom stereocenters. The van der Waals surface area contributed by atoms with Crippen molar-refractivity contribution in [3.8, 4) is 0 Å². The number of rotatable bonds is 8. The van der Waals surface area contributed by atoms with Gasteiger partial charge in [0.15, 0.2) is 18.3 Å². The minimum Gasteiger partial charge on any atom is -0.456 e. The van der Waals surface area contributed by atoms with Gasteiger partial charge >= 0.3 is 25.5 Å². The van der Waals surface area contributed by atoms with E-state index < -0.39 is 62.0 Å². The van der Waals surface area contributed by atoms with E-state index in [1.165, 1.54) is 18.7 Å². The van der Waals surface area contributed by atoms with Crippen LogP contribution in [-0.2, 0) is 42.4 Å². The highest BCUT2D eigenvalue weighted by Crippen LogP contribution is 2.41. The van der Waals surface area contributed by atoms with Gasteiger partial charge in [-0.2, -0.15) is 0 Å². The van der Waals surface area contributed by atoms with E-state index in [0.29, 0.717) is 0 Å². The number of thioether (sulfide) groups is 1. The normalized spacial score (nSPS) is 27.6. The Morgan fingerprint density at radius 2 is 1.48 bits per heavy atom. The molecule has 0 aromatic heterocycles. The van der Waals surface area contributed by atoms with E-state index in [0.717, 1.165) is 25.4 Å². The number of hydrogen-bond donors (Lipinski definition) is 1. The second-order valence-corrected chi connectivity index (χ2v) is 9.83. The number of carbonyl (C=O) groups excluding carboxylic acids is 3. The number of ether oxygens (including phenoxy) is 4. The summed E-state index contributed by atoms with van der Waals surface area (Å²) in [7, 11) is -3.88. The molecule has 172 valence electrons. The van der Waals surface area contributed by atoms with Crippen LogP contribution >= 0.6 is 19.4 Å². The van der Waals surface area contributed by atoms with Crippen LogP contribution in [0.25, 0.3) is 0 Å². The molecule has 10 nitrogen and oxygen atoms in total. The monoisotopic (exact) mass is 476 g/mol. The molecule has 1 N–H and O–H groups in total. The Bertz CT molecular complexity index is 826. The summed E-state index contributed by atoms with van der Waals surface area (Å²) in [5.74, 6) is -2.07. The molecular formula is C19H25O10PS. The molecule has 0 aliphatic carbocycles. The number of carbonyl (C=O) groups is 3. The first-order chi connectivity index (χ1) is 14.5. The van der Waals surface area contributed by atoms with Gasteiger partial charge in [0.25, 0.3) is 0 Å². The topological polar surface area (TPSA) is 135 Å². The maximum Gasteiger partial charge on any atom is 0.325 e. The number of hydrogen-bond acceptors (Lipinski definition) is 10. The van der Waals surface area contributed by atoms with Gasteiger partial charge in [-0.15, -0.1) is 0 Å². The van der Waals surface area contributed by atoms with E-state index >= 15 is 0 Å². The molecule has 0 saturated carbocycles. The fourth-order valence-corrected chi connectivity index (χ4v) is 4.48. The summed E-state index contributed by atoms with van der Waals surface area (Å²) in [4.78, 5) is 45.6. The van der Waals surface area contributed by atoms with Crippen LogP contribution in [0.1, 0.15) is 20.8 Å². The quantitative estimate of drug-likeness (QED) is 0.336. The summed E-state index contributed by atoms with van der Waals surface area (Å²) >= 11 is 1.19. The SMILES string of the molecule is CC(=O)O[C@@H]1[C@@H](OC(C)=O)[C@@H](Sc2ccccc2)O[C@H](COP(C)(=O)O)[C@@H]1OC(C)=O. The molecule has 1 fully saturated rings. The summed E-state index contributed by atoms with van der Waals surface area (Å²) in [6.45, 7) is 4.05. The van der Waals surface area contributed by atoms with Gasteiger partial charge in [0, 0.05) is 32.3 Å². The number of esters is 3. The summed E-state index contributed by atoms with van der Waals surface area (Å²) in [5, 5.41) is 0. The lowest BCUT2D eigenvalue weighted by Gasteiger charge is -2.44. The average Bonchev–Trinajstić information content (AvgIpc) is 2.64. The molecule has 2 rings (SSSR count). The van der Waals surface area contributed by atoms with Crippen molar-refractivity contribution < 1.29 is 47.3 Å². The first-order valence-corrected chi connectivity index (χ1v) is 12.2. The van der Waals surface area contributed by atoms with Crippen LogP contribution in [0.2, 0.25) is 0 Å². The van der Waals surface area contributed by atoms with Crippen LogP contribution in [0, 0.1) is 0 Å². The Kier molecular flexibility index (Phi) is 9.08. The van der Waals surface area contributed by atoms with Crippen molar-refractivity contribution >= 4 is 37.3 Å². The van der Waals surface area contributed by atoms with Gasteiger partial charge in [0.05, 0.1) is 6.61 Å². The molecule has 1 aromatic rings. The molecule has 1 aromatic carbocycles. The maximum atomic E-state index is 11.8. The molecule has 1 saturated heterocycles. The van der Waals surface area contributed by atoms with Crippen molar-refractivity contribution in [2.45, 2.75) is 55.5 Å². The van der Waals surface area contributed by atoms with Crippen LogP contribution in [0.4, 0.5) is 0 Å². The highest BCUT2D eigenvalue weighted by atomic mass is 32.2. The van der Waals surface area contributed by atoms with Crippen molar-refractivity contribution in [1.29, 1.82) is 0 Å². The Morgan fingerprint density at radius 3 is 2.00 bits per heavy atom. The van der Waals surface area contributed by atoms with Gasteiger partial charge < -0.3 is 28.4 Å². The van der Waals surface area contributed by atoms with Crippen LogP contribution < -0.4 is 0 Å². The van der Waals surface area contributed by atoms with E-state index in [1.54, 1.807) is 24.3 Å². The van der Waals surface area contributed by atoms with Gasteiger partial charge in [-0.3, -0.25) is 18.9 Å². The fraction of sp³-hybridized carbons (Fsp3) is 0.526. The smallest absolute Gasteiger partial charge is 0.325 e. The third kappa shape index (κ3) is 8.27. The summed E-state index contributed by atoms with van der Waals surface area (Å²) in [6.07, 6.45) is -4.69. The first kappa shape index (κ1) is 25.4. The molecule has 0 radical (unpaired) electrons. The largest absolute Gasteiger partial charge is 0.456 e. The third-order valence-corrected chi connectivity index (χ3v) is 5.76. The van der Waals surface area contributed by atoms with Crippen molar-refractivity contribution in [2.75, 3.05) is 13.3 Å². The predicted molar refractivity (Wildman–Crippen MR) is 109 cm³/mol. The summed E-state index contributed by atoms with van der Waals surface area (Å²) < 4.78 is 38.7. The highest BCUT2D eigenvalue weighted by molar-refractivity contribution is 7.99. The lowest BCUT2D eigenvalue weighted by Crippen LogP contribution is -2.61. The van der Waals surface area contributed by atoms with Gasteiger partial charge in [0.2, 0.25) is 0 Å². The first-order valence-electron chi connectivity index (χ1n) is 9.30. The summed E-state index contributed by atoms with van der Waals surface area (Å²) in [6, 6.07) is 9.03. The molecule has 31 heavy (non-hydrogen) atoms. The minimum atomic E-state index is -3.88. The van der Waals surface area contributed by atoms with Crippen molar-refractivity contribution in [2.24, 2.45) is 0 Å². The van der Waals surface area contributed by atoms with Crippen molar-refractivity contribution in [3.63, 3.8) is 0 Å². The standard InChI is InChI=1S/C19H25O10PS/c1-11(20)26-16-15(10-25-30(4,23)24)29-19(31-14-8-6-5-7-9-14)18(28-13(3)22)17(16)27-12(2)21/h5-9,15-19H,10H2,1-4H3,(H,23,24)/t15-,16+,17+,18-,19-/m1/s1. The summed E-state index contributed by atoms with van der Waals surface area (Å²) in [5.41, 5.74) is -0.897. The number of benzene rings is 1. The second kappa shape index (κ2) is 11.1. The third-order valence-electron chi connectivity index (χ3n) is 3.97. The van der Waals surface area contributed by atoms with Gasteiger partial charge in [-0.05, 0) is 12.1 Å². The van der Waals surface area contributed by atoms with E-state index in [1.807, 2.05) is 6.07 Å². The molecule has 0 bridgehead atoms. The van der Waals surface area contributed by atoms with Gasteiger partial charge in [0.1, 0.15) is 11.5 Å². The zero-order valence-corrected chi connectivity index (χ0v) is 19.2. The van der Waals surface area contributed by atoms with Crippen molar-refractivity contribution in [3.05, 3.63) is 30.3 Å². The lowest BCUT2D eigenvalue weighted by molar-refractivity contribution is -0.235. The Hall–Kier alpha value is -1.91. The van der Waals surface area contributed by atoms with Gasteiger partial charge in [-0.1, -0.05) is 30.0 Å². The van der Waals surface area contributed by atoms with Crippen LogP contribution in [-0.4, -0.2) is 65.9 Å².